The normalized spacial score (nSPS) is 38.9. The Morgan fingerprint density at radius 2 is 1.69 bits per heavy atom. The van der Waals surface area contributed by atoms with Crippen molar-refractivity contribution >= 4 is 0 Å². The first-order chi connectivity index (χ1) is 17.2. The van der Waals surface area contributed by atoms with Gasteiger partial charge in [-0.2, -0.15) is 5.06 Å². The van der Waals surface area contributed by atoms with E-state index >= 15 is 0 Å². The van der Waals surface area contributed by atoms with Crippen LogP contribution in [-0.2, 0) is 25.5 Å². The summed E-state index contributed by atoms with van der Waals surface area (Å²) in [5.41, 5.74) is 0.403. The lowest BCUT2D eigenvalue weighted by atomic mass is 9.66. The summed E-state index contributed by atoms with van der Waals surface area (Å²) in [4.78, 5) is 6.64. The number of aliphatic hydroxyl groups is 1. The molecule has 0 radical (unpaired) electrons. The van der Waals surface area contributed by atoms with Gasteiger partial charge in [0, 0.05) is 23.3 Å². The third-order valence-electron chi connectivity index (χ3n) is 9.36. The van der Waals surface area contributed by atoms with Crippen LogP contribution in [0.1, 0.15) is 72.8 Å². The Morgan fingerprint density at radius 3 is 2.22 bits per heavy atom. The van der Waals surface area contributed by atoms with Crippen molar-refractivity contribution in [3.63, 3.8) is 0 Å². The van der Waals surface area contributed by atoms with Crippen molar-refractivity contribution in [2.75, 3.05) is 39.6 Å². The molecule has 36 heavy (non-hydrogen) atoms. The second kappa shape index (κ2) is 10.9. The molecule has 1 spiro atoms. The number of hydroxylamine groups is 2. The predicted molar refractivity (Wildman–Crippen MR) is 139 cm³/mol. The standard InChI is InChI=1S/C29H47NO6/c1-7-26(5)18-29(34-20-28(9-3,19-31)21-35-29)22(4)27(6,8-2)30(26)36-15-14-23-10-12-24(13-11-23)32-16-25-17-33-25/h10-13,22,25,31H,7-9,14-21H2,1-6H3. The molecule has 4 rings (SSSR count). The maximum Gasteiger partial charge on any atom is 0.174 e. The van der Waals surface area contributed by atoms with E-state index in [1.54, 1.807) is 0 Å². The highest BCUT2D eigenvalue weighted by molar-refractivity contribution is 5.27. The Morgan fingerprint density at radius 1 is 1.03 bits per heavy atom. The van der Waals surface area contributed by atoms with Gasteiger partial charge < -0.3 is 24.1 Å². The molecule has 3 aliphatic rings. The average molecular weight is 506 g/mol. The molecule has 0 aliphatic carbocycles. The molecule has 0 saturated carbocycles. The van der Waals surface area contributed by atoms with Crippen LogP contribution in [0.4, 0.5) is 0 Å². The van der Waals surface area contributed by atoms with Crippen molar-refractivity contribution in [2.45, 2.75) is 96.6 Å². The molecular weight excluding hydrogens is 458 g/mol. The van der Waals surface area contributed by atoms with Crippen molar-refractivity contribution in [3.05, 3.63) is 29.8 Å². The highest BCUT2D eigenvalue weighted by Gasteiger charge is 2.63. The van der Waals surface area contributed by atoms with Crippen molar-refractivity contribution in [2.24, 2.45) is 11.3 Å². The highest BCUT2D eigenvalue weighted by atomic mass is 16.7. The second-order valence-electron chi connectivity index (χ2n) is 11.6. The third-order valence-corrected chi connectivity index (χ3v) is 9.36. The van der Waals surface area contributed by atoms with Gasteiger partial charge in [0.1, 0.15) is 18.5 Å². The fourth-order valence-corrected chi connectivity index (χ4v) is 5.80. The van der Waals surface area contributed by atoms with Crippen LogP contribution in [0.25, 0.3) is 0 Å². The summed E-state index contributed by atoms with van der Waals surface area (Å²) in [6.07, 6.45) is 4.48. The van der Waals surface area contributed by atoms with Gasteiger partial charge in [0.25, 0.3) is 0 Å². The van der Waals surface area contributed by atoms with Crippen molar-refractivity contribution in [1.29, 1.82) is 0 Å². The van der Waals surface area contributed by atoms with Gasteiger partial charge in [0.05, 0.1) is 38.6 Å². The summed E-state index contributed by atoms with van der Waals surface area (Å²) in [5.74, 6) is 0.295. The van der Waals surface area contributed by atoms with Crippen LogP contribution in [0.3, 0.4) is 0 Å². The van der Waals surface area contributed by atoms with Crippen LogP contribution in [0.5, 0.6) is 5.75 Å². The second-order valence-corrected chi connectivity index (χ2v) is 11.6. The number of ether oxygens (including phenoxy) is 4. The first-order valence-corrected chi connectivity index (χ1v) is 13.8. The third kappa shape index (κ3) is 5.33. The first kappa shape index (κ1) is 27.8. The molecule has 1 N–H and O–H groups in total. The van der Waals surface area contributed by atoms with Gasteiger partial charge in [-0.3, -0.25) is 4.84 Å². The zero-order chi connectivity index (χ0) is 26.0. The summed E-state index contributed by atoms with van der Waals surface area (Å²) in [5, 5.41) is 12.3. The van der Waals surface area contributed by atoms with Crippen LogP contribution in [-0.4, -0.2) is 72.8 Å². The summed E-state index contributed by atoms with van der Waals surface area (Å²) in [6, 6.07) is 8.28. The molecule has 7 nitrogen and oxygen atoms in total. The van der Waals surface area contributed by atoms with E-state index < -0.39 is 5.79 Å². The maximum absolute atomic E-state index is 9.99. The van der Waals surface area contributed by atoms with E-state index in [1.165, 1.54) is 5.56 Å². The van der Waals surface area contributed by atoms with E-state index in [0.29, 0.717) is 26.4 Å². The van der Waals surface area contributed by atoms with Gasteiger partial charge in [-0.1, -0.05) is 39.8 Å². The summed E-state index contributed by atoms with van der Waals surface area (Å²) >= 11 is 0. The molecule has 1 aromatic carbocycles. The topological polar surface area (TPSA) is 72.9 Å². The van der Waals surface area contributed by atoms with E-state index in [-0.39, 0.29) is 35.1 Å². The fourth-order valence-electron chi connectivity index (χ4n) is 5.80. The largest absolute Gasteiger partial charge is 0.491 e. The Hall–Kier alpha value is -1.22. The van der Waals surface area contributed by atoms with Gasteiger partial charge in [0.2, 0.25) is 0 Å². The van der Waals surface area contributed by atoms with Gasteiger partial charge in [-0.05, 0) is 57.2 Å². The number of epoxide rings is 1. The average Bonchev–Trinajstić information content (AvgIpc) is 3.74. The van der Waals surface area contributed by atoms with Crippen molar-refractivity contribution < 1.29 is 28.9 Å². The number of nitrogens with zero attached hydrogens (tertiary/aromatic N) is 1. The van der Waals surface area contributed by atoms with Gasteiger partial charge in [0.15, 0.2) is 5.79 Å². The molecule has 4 atom stereocenters. The summed E-state index contributed by atoms with van der Waals surface area (Å²) in [6.45, 7) is 16.5. The Balaban J connectivity index is 1.43. The lowest BCUT2D eigenvalue weighted by Gasteiger charge is -2.64. The van der Waals surface area contributed by atoms with Crippen molar-refractivity contribution in [1.82, 2.24) is 5.06 Å². The van der Waals surface area contributed by atoms with E-state index in [1.807, 2.05) is 12.1 Å². The minimum atomic E-state index is -0.676. The molecule has 3 saturated heterocycles. The zero-order valence-electron chi connectivity index (χ0n) is 23.2. The van der Waals surface area contributed by atoms with Crippen LogP contribution < -0.4 is 4.74 Å². The molecular formula is C29H47NO6. The van der Waals surface area contributed by atoms with Gasteiger partial charge in [-0.15, -0.1) is 0 Å². The lowest BCUT2D eigenvalue weighted by molar-refractivity contribution is -0.411. The molecule has 4 unspecified atom stereocenters. The van der Waals surface area contributed by atoms with Crippen LogP contribution >= 0.6 is 0 Å². The molecule has 0 bridgehead atoms. The Labute approximate surface area is 217 Å². The monoisotopic (exact) mass is 505 g/mol. The molecule has 1 aromatic rings. The molecule has 0 amide bonds. The molecule has 7 heteroatoms. The van der Waals surface area contributed by atoms with Gasteiger partial charge >= 0.3 is 0 Å². The quantitative estimate of drug-likeness (QED) is 0.435. The lowest BCUT2D eigenvalue weighted by Crippen LogP contribution is -2.74. The minimum absolute atomic E-state index is 0.0846. The van der Waals surface area contributed by atoms with Crippen LogP contribution in [0.2, 0.25) is 0 Å². The highest BCUT2D eigenvalue weighted by Crippen LogP contribution is 2.54. The van der Waals surface area contributed by atoms with Crippen LogP contribution in [0.15, 0.2) is 24.3 Å². The fraction of sp³-hybridized carbons (Fsp3) is 0.793. The molecule has 3 heterocycles. The number of benzene rings is 1. The van der Waals surface area contributed by atoms with E-state index in [9.17, 15) is 5.11 Å². The minimum Gasteiger partial charge on any atom is -0.491 e. The first-order valence-electron chi connectivity index (χ1n) is 13.8. The molecule has 204 valence electrons. The van der Waals surface area contributed by atoms with E-state index in [2.05, 4.69) is 58.7 Å². The summed E-state index contributed by atoms with van der Waals surface area (Å²) < 4.78 is 24.2. The van der Waals surface area contributed by atoms with E-state index in [4.69, 9.17) is 23.8 Å². The van der Waals surface area contributed by atoms with Gasteiger partial charge in [-0.25, -0.2) is 0 Å². The zero-order valence-corrected chi connectivity index (χ0v) is 23.2. The number of hydrogen-bond donors (Lipinski definition) is 1. The number of piperidine rings is 1. The summed E-state index contributed by atoms with van der Waals surface area (Å²) in [7, 11) is 0. The smallest absolute Gasteiger partial charge is 0.174 e. The van der Waals surface area contributed by atoms with Crippen LogP contribution in [0, 0.1) is 11.3 Å². The molecule has 0 aromatic heterocycles. The maximum atomic E-state index is 9.99. The predicted octanol–water partition coefficient (Wildman–Crippen LogP) is 4.75. The van der Waals surface area contributed by atoms with Crippen molar-refractivity contribution in [3.8, 4) is 5.75 Å². The number of hydrogen-bond acceptors (Lipinski definition) is 7. The van der Waals surface area contributed by atoms with E-state index in [0.717, 1.165) is 44.5 Å². The molecule has 3 aliphatic heterocycles. The molecule has 3 fully saturated rings. The Kier molecular flexibility index (Phi) is 8.40. The number of aliphatic hydroxyl groups excluding tert-OH is 1. The SMILES string of the molecule is CCC1(CO)COC2(CC(C)(CC)N(OCCc3ccc(OCC4CO4)cc3)C(C)(CC)C2C)OC1. The number of rotatable bonds is 11. The Bertz CT molecular complexity index is 844.